The molecule has 1 rings (SSSR count). The monoisotopic (exact) mass is 210 g/mol. The van der Waals surface area contributed by atoms with E-state index in [1.807, 2.05) is 0 Å². The molecule has 0 unspecified atom stereocenters. The van der Waals surface area contributed by atoms with E-state index < -0.39 is 5.97 Å². The molecule has 0 radical (unpaired) electrons. The molecule has 0 aliphatic rings. The van der Waals surface area contributed by atoms with Gasteiger partial charge in [0.2, 0.25) is 0 Å². The van der Waals surface area contributed by atoms with Gasteiger partial charge in [-0.05, 0) is 17.7 Å². The number of benzene rings is 1. The maximum atomic E-state index is 10.6. The Morgan fingerprint density at radius 2 is 2.21 bits per heavy atom. The first-order valence-corrected chi connectivity index (χ1v) is 4.62. The summed E-state index contributed by atoms with van der Waals surface area (Å²) >= 11 is 3.99. The van der Waals surface area contributed by atoms with E-state index in [0.717, 1.165) is 5.56 Å². The molecule has 0 aliphatic heterocycles. The van der Waals surface area contributed by atoms with Crippen molar-refractivity contribution >= 4 is 24.7 Å². The van der Waals surface area contributed by atoms with E-state index in [1.54, 1.807) is 18.2 Å². The highest BCUT2D eigenvalue weighted by Crippen LogP contribution is 2.19. The average Bonchev–Trinajstić information content (AvgIpc) is 2.16. The van der Waals surface area contributed by atoms with Crippen molar-refractivity contribution in [1.29, 1.82) is 0 Å². The maximum Gasteiger partial charge on any atom is 0.339 e. The summed E-state index contributed by atoms with van der Waals surface area (Å²) in [6.45, 7) is 0. The number of aromatic carboxylic acids is 1. The molecule has 3 nitrogen and oxygen atoms in total. The van der Waals surface area contributed by atoms with Crippen molar-refractivity contribution in [2.24, 2.45) is 0 Å². The average molecular weight is 210 g/mol. The summed E-state index contributed by atoms with van der Waals surface area (Å²) < 4.78 is 0. The Morgan fingerprint density at radius 1 is 1.50 bits per heavy atom. The Hall–Kier alpha value is -1.42. The molecule has 0 atom stereocenters. The molecule has 0 bridgehead atoms. The molecule has 14 heavy (non-hydrogen) atoms. The predicted molar refractivity (Wildman–Crippen MR) is 58.0 cm³/mol. The molecule has 0 amide bonds. The molecule has 0 spiro atoms. The van der Waals surface area contributed by atoms with Crippen molar-refractivity contribution in [3.63, 3.8) is 0 Å². The number of carboxylic acids is 1. The lowest BCUT2D eigenvalue weighted by Crippen LogP contribution is -1.96. The van der Waals surface area contributed by atoms with Gasteiger partial charge in [-0.2, -0.15) is 12.6 Å². The van der Waals surface area contributed by atoms with Crippen molar-refractivity contribution in [2.45, 2.75) is 0 Å². The van der Waals surface area contributed by atoms with Crippen molar-refractivity contribution in [1.82, 2.24) is 0 Å². The summed E-state index contributed by atoms with van der Waals surface area (Å²) in [5.74, 6) is -0.771. The number of thiol groups is 1. The van der Waals surface area contributed by atoms with Gasteiger partial charge in [0.25, 0.3) is 0 Å². The first-order chi connectivity index (χ1) is 6.65. The van der Waals surface area contributed by atoms with Gasteiger partial charge in [0, 0.05) is 5.75 Å². The van der Waals surface area contributed by atoms with Crippen LogP contribution in [0.5, 0.6) is 5.75 Å². The lowest BCUT2D eigenvalue weighted by atomic mass is 10.1. The Morgan fingerprint density at radius 3 is 2.79 bits per heavy atom. The molecule has 4 heteroatoms. The van der Waals surface area contributed by atoms with E-state index in [4.69, 9.17) is 5.11 Å². The third kappa shape index (κ3) is 2.53. The Balaban J connectivity index is 3.06. The van der Waals surface area contributed by atoms with Crippen molar-refractivity contribution < 1.29 is 15.0 Å². The quantitative estimate of drug-likeness (QED) is 0.669. The van der Waals surface area contributed by atoms with Gasteiger partial charge in [-0.25, -0.2) is 4.79 Å². The van der Waals surface area contributed by atoms with E-state index in [1.165, 1.54) is 12.1 Å². The number of hydrogen-bond acceptors (Lipinski definition) is 3. The second-order valence-corrected chi connectivity index (χ2v) is 3.03. The first-order valence-electron chi connectivity index (χ1n) is 3.99. The van der Waals surface area contributed by atoms with Crippen LogP contribution in [0.25, 0.3) is 6.08 Å². The zero-order valence-electron chi connectivity index (χ0n) is 7.34. The second kappa shape index (κ2) is 4.72. The summed E-state index contributed by atoms with van der Waals surface area (Å²) in [4.78, 5) is 10.6. The summed E-state index contributed by atoms with van der Waals surface area (Å²) in [6, 6.07) is 4.42. The van der Waals surface area contributed by atoms with Crippen molar-refractivity contribution in [2.75, 3.05) is 5.75 Å². The van der Waals surface area contributed by atoms with E-state index in [9.17, 15) is 9.90 Å². The minimum absolute atomic E-state index is 0.0914. The highest BCUT2D eigenvalue weighted by molar-refractivity contribution is 7.80. The van der Waals surface area contributed by atoms with Crippen LogP contribution in [0.15, 0.2) is 24.3 Å². The van der Waals surface area contributed by atoms with Crippen molar-refractivity contribution in [3.8, 4) is 5.75 Å². The van der Waals surface area contributed by atoms with Crippen LogP contribution in [-0.2, 0) is 0 Å². The molecule has 1 aromatic rings. The van der Waals surface area contributed by atoms with Crippen LogP contribution in [-0.4, -0.2) is 21.9 Å². The largest absolute Gasteiger partial charge is 0.507 e. The molecular weight excluding hydrogens is 200 g/mol. The van der Waals surface area contributed by atoms with E-state index >= 15 is 0 Å². The molecule has 0 saturated carbocycles. The van der Waals surface area contributed by atoms with Crippen LogP contribution >= 0.6 is 12.6 Å². The summed E-state index contributed by atoms with van der Waals surface area (Å²) in [5, 5.41) is 17.9. The fourth-order valence-electron chi connectivity index (χ4n) is 1.02. The van der Waals surface area contributed by atoms with Crippen molar-refractivity contribution in [3.05, 3.63) is 35.4 Å². The van der Waals surface area contributed by atoms with Crippen LogP contribution in [0.3, 0.4) is 0 Å². The first kappa shape index (κ1) is 10.7. The maximum absolute atomic E-state index is 10.6. The predicted octanol–water partition coefficient (Wildman–Crippen LogP) is 2.03. The van der Waals surface area contributed by atoms with Crippen LogP contribution in [0, 0.1) is 0 Å². The highest BCUT2D eigenvalue weighted by atomic mass is 32.1. The molecule has 1 aromatic carbocycles. The standard InChI is InChI=1S/C10H10O3S/c11-9-4-3-7(2-1-5-14)6-8(9)10(12)13/h1-4,6,11,14H,5H2,(H,12,13). The fraction of sp³-hybridized carbons (Fsp3) is 0.100. The normalized spacial score (nSPS) is 10.6. The van der Waals surface area contributed by atoms with Gasteiger partial charge < -0.3 is 10.2 Å². The number of aromatic hydroxyl groups is 1. The molecule has 0 fully saturated rings. The minimum atomic E-state index is -1.14. The SMILES string of the molecule is O=C(O)c1cc(C=CCS)ccc1O. The van der Waals surface area contributed by atoms with Gasteiger partial charge in [-0.15, -0.1) is 0 Å². The van der Waals surface area contributed by atoms with Gasteiger partial charge >= 0.3 is 5.97 Å². The number of carboxylic acid groups (broad SMARTS) is 1. The second-order valence-electron chi connectivity index (χ2n) is 2.67. The highest BCUT2D eigenvalue weighted by Gasteiger charge is 2.08. The molecular formula is C10H10O3S. The minimum Gasteiger partial charge on any atom is -0.507 e. The van der Waals surface area contributed by atoms with Gasteiger partial charge in [0.05, 0.1) is 0 Å². The van der Waals surface area contributed by atoms with E-state index in [-0.39, 0.29) is 11.3 Å². The molecule has 0 heterocycles. The number of carbonyl (C=O) groups is 1. The Labute approximate surface area is 87.1 Å². The zero-order chi connectivity index (χ0) is 10.6. The Bertz CT molecular complexity index is 372. The van der Waals surface area contributed by atoms with Gasteiger partial charge in [0.1, 0.15) is 11.3 Å². The number of phenols is 1. The van der Waals surface area contributed by atoms with Crippen LogP contribution in [0.1, 0.15) is 15.9 Å². The molecule has 0 saturated heterocycles. The fourth-order valence-corrected chi connectivity index (χ4v) is 1.12. The van der Waals surface area contributed by atoms with Crippen LogP contribution in [0.2, 0.25) is 0 Å². The van der Waals surface area contributed by atoms with Crippen LogP contribution in [0.4, 0.5) is 0 Å². The number of rotatable bonds is 3. The lowest BCUT2D eigenvalue weighted by Gasteiger charge is -2.00. The molecule has 2 N–H and O–H groups in total. The summed E-state index contributed by atoms with van der Waals surface area (Å²) in [6.07, 6.45) is 3.54. The molecule has 0 aromatic heterocycles. The number of hydrogen-bond donors (Lipinski definition) is 3. The zero-order valence-corrected chi connectivity index (χ0v) is 8.24. The van der Waals surface area contributed by atoms with E-state index in [0.29, 0.717) is 5.75 Å². The van der Waals surface area contributed by atoms with E-state index in [2.05, 4.69) is 12.6 Å². The summed E-state index contributed by atoms with van der Waals surface area (Å²) in [5.41, 5.74) is 0.639. The topological polar surface area (TPSA) is 57.5 Å². The molecule has 74 valence electrons. The van der Waals surface area contributed by atoms with Gasteiger partial charge in [0.15, 0.2) is 0 Å². The Kier molecular flexibility index (Phi) is 3.59. The third-order valence-electron chi connectivity index (χ3n) is 1.67. The smallest absolute Gasteiger partial charge is 0.339 e. The van der Waals surface area contributed by atoms with Gasteiger partial charge in [-0.1, -0.05) is 18.2 Å². The van der Waals surface area contributed by atoms with Crippen LogP contribution < -0.4 is 0 Å². The lowest BCUT2D eigenvalue weighted by molar-refractivity contribution is 0.0693. The molecule has 0 aliphatic carbocycles. The summed E-state index contributed by atoms with van der Waals surface area (Å²) in [7, 11) is 0. The third-order valence-corrected chi connectivity index (χ3v) is 1.88. The van der Waals surface area contributed by atoms with Gasteiger partial charge in [-0.3, -0.25) is 0 Å².